The van der Waals surface area contributed by atoms with Gasteiger partial charge in [0.15, 0.2) is 0 Å². The molecule has 0 N–H and O–H groups in total. The number of fused-ring (bicyclic) bond motifs is 1. The fraction of sp³-hybridized carbons (Fsp3) is 0.414. The number of benzene rings is 2. The zero-order chi connectivity index (χ0) is 27.5. The molecule has 1 amide bonds. The fourth-order valence-corrected chi connectivity index (χ4v) is 4.69. The molecule has 0 aromatic heterocycles. The van der Waals surface area contributed by atoms with Crippen LogP contribution in [-0.4, -0.2) is 37.0 Å². The summed E-state index contributed by atoms with van der Waals surface area (Å²) < 4.78 is 28.3. The molecule has 37 heavy (non-hydrogen) atoms. The van der Waals surface area contributed by atoms with E-state index in [0.717, 1.165) is 61.6 Å². The number of rotatable bonds is 9. The zero-order valence-electron chi connectivity index (χ0n) is 21.8. The Balaban J connectivity index is 0.000000458. The summed E-state index contributed by atoms with van der Waals surface area (Å²) in [5, 5.41) is 2.08. The maximum Gasteiger partial charge on any atom is 0.264 e. The van der Waals surface area contributed by atoms with E-state index in [-0.39, 0.29) is 5.92 Å². The van der Waals surface area contributed by atoms with Crippen molar-refractivity contribution in [2.45, 2.75) is 52.9 Å². The summed E-state index contributed by atoms with van der Waals surface area (Å²) in [6.45, 7) is 11.4. The summed E-state index contributed by atoms with van der Waals surface area (Å²) in [7, 11) is 0. The number of allylic oxidation sites excluding steroid dienone is 4. The van der Waals surface area contributed by atoms with Crippen molar-refractivity contribution in [2.24, 2.45) is 0 Å². The van der Waals surface area contributed by atoms with Gasteiger partial charge in [-0.1, -0.05) is 67.7 Å². The Morgan fingerprint density at radius 3 is 2.35 bits per heavy atom. The van der Waals surface area contributed by atoms with Gasteiger partial charge in [-0.2, -0.15) is 0 Å². The molecule has 1 aliphatic rings. The number of amides is 1. The molecule has 0 aliphatic carbocycles. The maximum atomic E-state index is 14.2. The van der Waals surface area contributed by atoms with Gasteiger partial charge in [-0.25, -0.2) is 8.78 Å². The number of hydrogen-bond acceptors (Lipinski definition) is 2. The van der Waals surface area contributed by atoms with Gasteiger partial charge in [-0.15, -0.1) is 0 Å². The number of anilines is 1. The van der Waals surface area contributed by atoms with Crippen molar-refractivity contribution < 1.29 is 13.6 Å². The van der Waals surface area contributed by atoms with Crippen LogP contribution in [0.4, 0.5) is 14.5 Å². The van der Waals surface area contributed by atoms with E-state index in [4.69, 9.17) is 34.8 Å². The van der Waals surface area contributed by atoms with Crippen molar-refractivity contribution in [3.8, 4) is 0 Å². The van der Waals surface area contributed by atoms with Gasteiger partial charge in [0.2, 0.25) is 0 Å². The fourth-order valence-electron chi connectivity index (χ4n) is 4.21. The number of hydrogen-bond donors (Lipinski definition) is 0. The second-order valence-corrected chi connectivity index (χ2v) is 10.1. The van der Waals surface area contributed by atoms with E-state index in [1.54, 1.807) is 24.3 Å². The highest BCUT2D eigenvalue weighted by molar-refractivity contribution is 6.34. The topological polar surface area (TPSA) is 23.6 Å². The standard InChI is InChI=1S/C22H25ClF2N2O.C7H10Cl2/c1-3-11-26(4-2)12-10-15-14-27(20-9-8-16(23)13-17(15)20)22(28)21-18(24)6-5-7-19(21)25;1-3-6(8)5-7(9)4-2/h5-9,13,15H,3-4,10-12,14H2,1-2H3;3,5H,4H2,1-2H3/b;6-3+,7-5+. The van der Waals surface area contributed by atoms with Gasteiger partial charge in [0.25, 0.3) is 5.91 Å². The number of halogens is 5. The Bertz CT molecular complexity index is 1100. The molecule has 3 rings (SSSR count). The molecule has 8 heteroatoms. The molecular formula is C29H35Cl3F2N2O. The van der Waals surface area contributed by atoms with E-state index in [1.165, 1.54) is 11.0 Å². The highest BCUT2D eigenvalue weighted by Crippen LogP contribution is 2.40. The number of carbonyl (C=O) groups excluding carboxylic acids is 1. The second-order valence-electron chi connectivity index (χ2n) is 8.75. The Morgan fingerprint density at radius 2 is 1.78 bits per heavy atom. The highest BCUT2D eigenvalue weighted by atomic mass is 35.5. The van der Waals surface area contributed by atoms with E-state index in [9.17, 15) is 13.6 Å². The minimum atomic E-state index is -0.843. The van der Waals surface area contributed by atoms with Crippen LogP contribution in [0.25, 0.3) is 0 Å². The van der Waals surface area contributed by atoms with Crippen LogP contribution < -0.4 is 4.90 Å². The molecule has 1 aliphatic heterocycles. The average Bonchev–Trinajstić information content (AvgIpc) is 3.24. The lowest BCUT2D eigenvalue weighted by molar-refractivity contribution is 0.0979. The summed E-state index contributed by atoms with van der Waals surface area (Å²) in [5.41, 5.74) is 1.14. The molecule has 0 saturated heterocycles. The Morgan fingerprint density at radius 1 is 1.11 bits per heavy atom. The van der Waals surface area contributed by atoms with Crippen LogP contribution in [-0.2, 0) is 0 Å². The monoisotopic (exact) mass is 570 g/mol. The molecule has 0 saturated carbocycles. The molecule has 2 aromatic carbocycles. The summed E-state index contributed by atoms with van der Waals surface area (Å²) in [5.74, 6) is -2.26. The van der Waals surface area contributed by atoms with Gasteiger partial charge in [0.1, 0.15) is 17.2 Å². The first-order valence-electron chi connectivity index (χ1n) is 12.6. The van der Waals surface area contributed by atoms with Crippen molar-refractivity contribution in [3.63, 3.8) is 0 Å². The van der Waals surface area contributed by atoms with E-state index in [2.05, 4.69) is 18.7 Å². The van der Waals surface area contributed by atoms with Crippen LogP contribution in [0.1, 0.15) is 68.8 Å². The minimum Gasteiger partial charge on any atom is -0.307 e. The molecule has 0 bridgehead atoms. The lowest BCUT2D eigenvalue weighted by Crippen LogP contribution is -2.32. The first-order chi connectivity index (χ1) is 17.7. The van der Waals surface area contributed by atoms with Gasteiger partial charge >= 0.3 is 0 Å². The smallest absolute Gasteiger partial charge is 0.264 e. The third kappa shape index (κ3) is 8.81. The SMILES string of the molecule is C/C=C(Cl)\C=C(\Cl)CC.CCCN(CC)CCC1CN(C(=O)c2c(F)cccc2F)c2ccc(Cl)cc21. The van der Waals surface area contributed by atoms with Crippen LogP contribution in [0.5, 0.6) is 0 Å². The first-order valence-corrected chi connectivity index (χ1v) is 13.8. The van der Waals surface area contributed by atoms with Gasteiger partial charge < -0.3 is 9.80 Å². The second kappa shape index (κ2) is 15.5. The maximum absolute atomic E-state index is 14.2. The van der Waals surface area contributed by atoms with Crippen molar-refractivity contribution in [1.29, 1.82) is 0 Å². The van der Waals surface area contributed by atoms with E-state index in [0.29, 0.717) is 22.3 Å². The third-order valence-corrected chi connectivity index (χ3v) is 7.17. The normalized spacial score (nSPS) is 15.5. The summed E-state index contributed by atoms with van der Waals surface area (Å²) >= 11 is 17.5. The van der Waals surface area contributed by atoms with Gasteiger partial charge in [0.05, 0.1) is 0 Å². The van der Waals surface area contributed by atoms with Crippen molar-refractivity contribution in [1.82, 2.24) is 4.90 Å². The van der Waals surface area contributed by atoms with E-state index in [1.807, 2.05) is 19.9 Å². The molecular weight excluding hydrogens is 537 g/mol. The first kappa shape index (κ1) is 31.3. The average molecular weight is 572 g/mol. The molecule has 0 radical (unpaired) electrons. The number of carbonyl (C=O) groups is 1. The lowest BCUT2D eigenvalue weighted by Gasteiger charge is -2.22. The van der Waals surface area contributed by atoms with Crippen molar-refractivity contribution >= 4 is 46.4 Å². The van der Waals surface area contributed by atoms with Crippen LogP contribution in [0, 0.1) is 11.6 Å². The minimum absolute atomic E-state index is 0.0818. The predicted octanol–water partition coefficient (Wildman–Crippen LogP) is 9.15. The summed E-state index contributed by atoms with van der Waals surface area (Å²) in [6.07, 6.45) is 6.33. The van der Waals surface area contributed by atoms with Gasteiger partial charge in [0, 0.05) is 33.2 Å². The molecule has 1 heterocycles. The molecule has 3 nitrogen and oxygen atoms in total. The van der Waals surface area contributed by atoms with E-state index >= 15 is 0 Å². The largest absolute Gasteiger partial charge is 0.307 e. The molecule has 1 atom stereocenters. The van der Waals surface area contributed by atoms with Crippen LogP contribution in [0.2, 0.25) is 5.02 Å². The lowest BCUT2D eigenvalue weighted by atomic mass is 9.97. The molecule has 0 spiro atoms. The third-order valence-electron chi connectivity index (χ3n) is 6.23. The highest BCUT2D eigenvalue weighted by Gasteiger charge is 2.35. The van der Waals surface area contributed by atoms with Crippen molar-refractivity contribution in [2.75, 3.05) is 31.1 Å². The molecule has 202 valence electrons. The Hall–Kier alpha value is -1.92. The molecule has 0 fully saturated rings. The molecule has 1 unspecified atom stereocenters. The predicted molar refractivity (Wildman–Crippen MR) is 153 cm³/mol. The summed E-state index contributed by atoms with van der Waals surface area (Å²) in [4.78, 5) is 16.8. The van der Waals surface area contributed by atoms with Crippen LogP contribution in [0.15, 0.2) is 58.6 Å². The Kier molecular flexibility index (Phi) is 13.1. The summed E-state index contributed by atoms with van der Waals surface area (Å²) in [6, 6.07) is 8.80. The Labute approximate surface area is 234 Å². The van der Waals surface area contributed by atoms with Gasteiger partial charge in [-0.05, 0) is 87.8 Å². The van der Waals surface area contributed by atoms with Crippen LogP contribution in [0.3, 0.4) is 0 Å². The van der Waals surface area contributed by atoms with E-state index < -0.39 is 23.1 Å². The van der Waals surface area contributed by atoms with Crippen LogP contribution >= 0.6 is 34.8 Å². The number of nitrogens with zero attached hydrogens (tertiary/aromatic N) is 2. The van der Waals surface area contributed by atoms with Crippen molar-refractivity contribution in [3.05, 3.63) is 86.4 Å². The quantitative estimate of drug-likeness (QED) is 0.280. The molecule has 2 aromatic rings. The van der Waals surface area contributed by atoms with Gasteiger partial charge in [-0.3, -0.25) is 4.79 Å². The zero-order valence-corrected chi connectivity index (χ0v) is 24.1.